The van der Waals surface area contributed by atoms with Crippen molar-refractivity contribution in [3.05, 3.63) is 55.1 Å². The van der Waals surface area contributed by atoms with Crippen molar-refractivity contribution < 1.29 is 0 Å². The van der Waals surface area contributed by atoms with E-state index in [0.29, 0.717) is 5.88 Å². The summed E-state index contributed by atoms with van der Waals surface area (Å²) in [4.78, 5) is 0. The van der Waals surface area contributed by atoms with Crippen LogP contribution in [0.3, 0.4) is 0 Å². The maximum absolute atomic E-state index is 5.46. The first-order valence-electron chi connectivity index (χ1n) is 3.71. The third-order valence-corrected chi connectivity index (χ3v) is 1.38. The molecule has 12 heavy (non-hydrogen) atoms. The number of hydrogen-bond donors (Lipinski definition) is 0. The largest absolute Gasteiger partial charge is 0.122 e. The number of rotatable bonds is 2. The Morgan fingerprint density at radius 2 is 1.75 bits per heavy atom. The Balaban J connectivity index is 0.000000561. The van der Waals surface area contributed by atoms with E-state index in [1.54, 1.807) is 0 Å². The first kappa shape index (κ1) is 11.0. The molecule has 0 fully saturated rings. The fraction of sp³-hybridized carbons (Fsp3) is 0.0909. The predicted molar refractivity (Wildman–Crippen MR) is 57.5 cm³/mol. The Morgan fingerprint density at radius 1 is 1.17 bits per heavy atom. The molecule has 0 aliphatic carbocycles. The van der Waals surface area contributed by atoms with Crippen molar-refractivity contribution in [2.45, 2.75) is 0 Å². The average Bonchev–Trinajstić information content (AvgIpc) is 2.19. The van der Waals surface area contributed by atoms with E-state index < -0.39 is 0 Å². The van der Waals surface area contributed by atoms with Crippen molar-refractivity contribution in [2.24, 2.45) is 0 Å². The van der Waals surface area contributed by atoms with Gasteiger partial charge in [-0.3, -0.25) is 0 Å². The van der Waals surface area contributed by atoms with Crippen molar-refractivity contribution >= 4 is 17.7 Å². The van der Waals surface area contributed by atoms with Crippen LogP contribution >= 0.6 is 11.6 Å². The van der Waals surface area contributed by atoms with Crippen LogP contribution < -0.4 is 0 Å². The van der Waals surface area contributed by atoms with Gasteiger partial charge in [0.2, 0.25) is 0 Å². The molecule has 0 amide bonds. The molecule has 0 bridgehead atoms. The van der Waals surface area contributed by atoms with Crippen LogP contribution in [0.2, 0.25) is 0 Å². The third kappa shape index (κ3) is 4.75. The second-order valence-corrected chi connectivity index (χ2v) is 2.28. The average molecular weight is 181 g/mol. The molecule has 0 nitrogen and oxygen atoms in total. The van der Waals surface area contributed by atoms with Crippen LogP contribution in [0.25, 0.3) is 6.08 Å². The molecule has 64 valence electrons. The van der Waals surface area contributed by atoms with E-state index in [1.165, 1.54) is 5.56 Å². The zero-order valence-corrected chi connectivity index (χ0v) is 7.80. The maximum atomic E-state index is 5.46. The number of alkyl halides is 1. The van der Waals surface area contributed by atoms with Crippen LogP contribution in [-0.2, 0) is 0 Å². The van der Waals surface area contributed by atoms with Crippen LogP contribution in [0.5, 0.6) is 0 Å². The minimum Gasteiger partial charge on any atom is -0.122 e. The SMILES string of the molecule is C=C.ClCC=Cc1ccccc1. The van der Waals surface area contributed by atoms with E-state index in [0.717, 1.165) is 0 Å². The highest BCUT2D eigenvalue weighted by Crippen LogP contribution is 2.00. The molecule has 0 aliphatic heterocycles. The van der Waals surface area contributed by atoms with Gasteiger partial charge in [0, 0.05) is 5.88 Å². The number of hydrogen-bond acceptors (Lipinski definition) is 0. The third-order valence-electron chi connectivity index (χ3n) is 1.20. The van der Waals surface area contributed by atoms with Gasteiger partial charge in [0.1, 0.15) is 0 Å². The molecule has 0 radical (unpaired) electrons. The Hall–Kier alpha value is -1.01. The zero-order valence-electron chi connectivity index (χ0n) is 7.04. The van der Waals surface area contributed by atoms with Crippen LogP contribution in [-0.4, -0.2) is 5.88 Å². The monoisotopic (exact) mass is 180 g/mol. The molecule has 0 N–H and O–H groups in total. The Morgan fingerprint density at radius 3 is 2.25 bits per heavy atom. The first-order valence-corrected chi connectivity index (χ1v) is 4.24. The minimum absolute atomic E-state index is 0.578. The van der Waals surface area contributed by atoms with Gasteiger partial charge in [-0.15, -0.1) is 24.8 Å². The van der Waals surface area contributed by atoms with Gasteiger partial charge in [0.25, 0.3) is 0 Å². The van der Waals surface area contributed by atoms with Gasteiger partial charge in [0.15, 0.2) is 0 Å². The van der Waals surface area contributed by atoms with Gasteiger partial charge in [-0.25, -0.2) is 0 Å². The minimum atomic E-state index is 0.578. The number of allylic oxidation sites excluding steroid dienone is 1. The predicted octanol–water partition coefficient (Wildman–Crippen LogP) is 3.74. The van der Waals surface area contributed by atoms with Gasteiger partial charge >= 0.3 is 0 Å². The molecule has 1 rings (SSSR count). The van der Waals surface area contributed by atoms with Crippen LogP contribution in [0.1, 0.15) is 5.56 Å². The van der Waals surface area contributed by atoms with Crippen LogP contribution in [0.4, 0.5) is 0 Å². The molecule has 1 aromatic carbocycles. The summed E-state index contributed by atoms with van der Waals surface area (Å²) < 4.78 is 0. The van der Waals surface area contributed by atoms with E-state index in [4.69, 9.17) is 11.6 Å². The Bertz CT molecular complexity index is 214. The molecular weight excluding hydrogens is 168 g/mol. The van der Waals surface area contributed by atoms with Gasteiger partial charge in [-0.1, -0.05) is 42.5 Å². The summed E-state index contributed by atoms with van der Waals surface area (Å²) in [7, 11) is 0. The summed E-state index contributed by atoms with van der Waals surface area (Å²) in [5.74, 6) is 0.578. The smallest absolute Gasteiger partial charge is 0.0407 e. The highest BCUT2D eigenvalue weighted by Gasteiger charge is 1.79. The topological polar surface area (TPSA) is 0 Å². The molecule has 0 saturated carbocycles. The lowest BCUT2D eigenvalue weighted by molar-refractivity contribution is 1.65. The Kier molecular flexibility index (Phi) is 7.41. The molecule has 1 aromatic rings. The van der Waals surface area contributed by atoms with Crippen LogP contribution in [0, 0.1) is 0 Å². The van der Waals surface area contributed by atoms with Crippen molar-refractivity contribution in [3.63, 3.8) is 0 Å². The molecule has 0 aliphatic rings. The molecule has 1 heteroatoms. The highest BCUT2D eigenvalue weighted by molar-refractivity contribution is 6.19. The number of halogens is 1. The maximum Gasteiger partial charge on any atom is 0.0407 e. The van der Waals surface area contributed by atoms with Crippen molar-refractivity contribution in [3.8, 4) is 0 Å². The Labute approximate surface area is 79.2 Å². The summed E-state index contributed by atoms with van der Waals surface area (Å²) in [6, 6.07) is 10.1. The first-order chi connectivity index (χ1) is 5.93. The second kappa shape index (κ2) is 8.09. The molecule has 0 spiro atoms. The van der Waals surface area contributed by atoms with E-state index in [-0.39, 0.29) is 0 Å². The van der Waals surface area contributed by atoms with Crippen molar-refractivity contribution in [2.75, 3.05) is 5.88 Å². The molecular formula is C11H13Cl. The lowest BCUT2D eigenvalue weighted by Gasteiger charge is -1.87. The highest BCUT2D eigenvalue weighted by atomic mass is 35.5. The van der Waals surface area contributed by atoms with Gasteiger partial charge in [-0.2, -0.15) is 0 Å². The summed E-state index contributed by atoms with van der Waals surface area (Å²) >= 11 is 5.46. The lowest BCUT2D eigenvalue weighted by Crippen LogP contribution is -1.67. The number of benzene rings is 1. The standard InChI is InChI=1S/C9H9Cl.C2H4/c10-8-4-7-9-5-2-1-3-6-9;1-2/h1-7H,8H2;1-2H2. The van der Waals surface area contributed by atoms with E-state index in [2.05, 4.69) is 13.2 Å². The fourth-order valence-electron chi connectivity index (χ4n) is 0.745. The molecule has 0 atom stereocenters. The van der Waals surface area contributed by atoms with E-state index in [9.17, 15) is 0 Å². The zero-order chi connectivity index (χ0) is 9.23. The molecule has 0 aromatic heterocycles. The van der Waals surface area contributed by atoms with Gasteiger partial charge in [0.05, 0.1) is 0 Å². The van der Waals surface area contributed by atoms with E-state index >= 15 is 0 Å². The fourth-order valence-corrected chi connectivity index (χ4v) is 0.834. The second-order valence-electron chi connectivity index (χ2n) is 1.97. The molecule has 0 unspecified atom stereocenters. The summed E-state index contributed by atoms with van der Waals surface area (Å²) in [5.41, 5.74) is 1.20. The van der Waals surface area contributed by atoms with Gasteiger partial charge in [-0.05, 0) is 5.56 Å². The normalized spacial score (nSPS) is 9.08. The van der Waals surface area contributed by atoms with Crippen molar-refractivity contribution in [1.82, 2.24) is 0 Å². The molecule has 0 heterocycles. The summed E-state index contributed by atoms with van der Waals surface area (Å²) in [6.45, 7) is 6.00. The van der Waals surface area contributed by atoms with Crippen molar-refractivity contribution in [1.29, 1.82) is 0 Å². The lowest BCUT2D eigenvalue weighted by atomic mass is 10.2. The quantitative estimate of drug-likeness (QED) is 0.481. The summed E-state index contributed by atoms with van der Waals surface area (Å²) in [5, 5.41) is 0. The van der Waals surface area contributed by atoms with E-state index in [1.807, 2.05) is 42.5 Å². The van der Waals surface area contributed by atoms with Gasteiger partial charge < -0.3 is 0 Å². The summed E-state index contributed by atoms with van der Waals surface area (Å²) in [6.07, 6.45) is 3.93. The molecule has 0 saturated heterocycles. The van der Waals surface area contributed by atoms with Crippen LogP contribution in [0.15, 0.2) is 49.6 Å².